The maximum absolute atomic E-state index is 12.6. The van der Waals surface area contributed by atoms with Gasteiger partial charge in [-0.3, -0.25) is 0 Å². The average Bonchev–Trinajstić information content (AvgIpc) is 2.49. The molecule has 0 saturated heterocycles. The maximum Gasteiger partial charge on any atom is 0.416 e. The highest BCUT2D eigenvalue weighted by molar-refractivity contribution is 7.89. The van der Waals surface area contributed by atoms with Crippen LogP contribution in [-0.2, 0) is 16.2 Å². The summed E-state index contributed by atoms with van der Waals surface area (Å²) in [5.41, 5.74) is -0.777. The predicted octanol–water partition coefficient (Wildman–Crippen LogP) is 4.32. The maximum atomic E-state index is 12.6. The van der Waals surface area contributed by atoms with Gasteiger partial charge < -0.3 is 0 Å². The minimum atomic E-state index is -4.50. The minimum absolute atomic E-state index is 0.0430. The third-order valence-corrected chi connectivity index (χ3v) is 4.76. The molecule has 4 nitrogen and oxygen atoms in total. The Bertz CT molecular complexity index is 884. The zero-order valence-electron chi connectivity index (χ0n) is 11.7. The Kier molecular flexibility index (Phi) is 5.42. The van der Waals surface area contributed by atoms with Gasteiger partial charge in [0, 0.05) is 0 Å². The lowest BCUT2D eigenvalue weighted by Gasteiger charge is -2.07. The SMILES string of the molecule is O=S(=O)(N/N=C/c1cccc(C(F)(F)F)c1)c1ccc(Cl)c(Cl)c1. The first kappa shape index (κ1) is 18.6. The lowest BCUT2D eigenvalue weighted by atomic mass is 10.1. The number of halogens is 5. The fourth-order valence-electron chi connectivity index (χ4n) is 1.66. The molecule has 0 aliphatic carbocycles. The summed E-state index contributed by atoms with van der Waals surface area (Å²) in [5, 5.41) is 3.68. The van der Waals surface area contributed by atoms with E-state index in [4.69, 9.17) is 23.2 Å². The van der Waals surface area contributed by atoms with Crippen molar-refractivity contribution in [2.75, 3.05) is 0 Å². The Labute approximate surface area is 145 Å². The summed E-state index contributed by atoms with van der Waals surface area (Å²) in [4.78, 5) is 1.71. The summed E-state index contributed by atoms with van der Waals surface area (Å²) in [6.07, 6.45) is -3.53. The number of hydrogen-bond acceptors (Lipinski definition) is 3. The zero-order valence-corrected chi connectivity index (χ0v) is 14.0. The van der Waals surface area contributed by atoms with Gasteiger partial charge in [-0.15, -0.1) is 0 Å². The van der Waals surface area contributed by atoms with Crippen LogP contribution in [0.15, 0.2) is 52.5 Å². The van der Waals surface area contributed by atoms with Crippen LogP contribution < -0.4 is 4.83 Å². The first-order valence-corrected chi connectivity index (χ1v) is 8.51. The fraction of sp³-hybridized carbons (Fsp3) is 0.0714. The molecule has 0 heterocycles. The van der Waals surface area contributed by atoms with E-state index in [0.717, 1.165) is 24.4 Å². The van der Waals surface area contributed by atoms with Gasteiger partial charge in [0.15, 0.2) is 0 Å². The average molecular weight is 397 g/mol. The van der Waals surface area contributed by atoms with E-state index in [0.29, 0.717) is 0 Å². The summed E-state index contributed by atoms with van der Waals surface area (Å²) in [7, 11) is -4.02. The summed E-state index contributed by atoms with van der Waals surface area (Å²) >= 11 is 11.4. The van der Waals surface area contributed by atoms with Crippen molar-refractivity contribution in [1.82, 2.24) is 4.83 Å². The van der Waals surface area contributed by atoms with E-state index in [1.165, 1.54) is 24.3 Å². The number of hydrogen-bond donors (Lipinski definition) is 1. The van der Waals surface area contributed by atoms with Crippen LogP contribution >= 0.6 is 23.2 Å². The molecule has 128 valence electrons. The van der Waals surface area contributed by atoms with Crippen LogP contribution in [0.2, 0.25) is 10.0 Å². The zero-order chi connectivity index (χ0) is 18.0. The van der Waals surface area contributed by atoms with Crippen molar-refractivity contribution in [1.29, 1.82) is 0 Å². The van der Waals surface area contributed by atoms with E-state index in [1.54, 1.807) is 0 Å². The molecule has 0 amide bonds. The standard InChI is InChI=1S/C14H9Cl2F3N2O2S/c15-12-5-4-11(7-13(12)16)24(22,23)21-20-8-9-2-1-3-10(6-9)14(17,18)19/h1-8,21H/b20-8+. The number of nitrogens with zero attached hydrogens (tertiary/aromatic N) is 1. The monoisotopic (exact) mass is 396 g/mol. The molecule has 0 atom stereocenters. The second-order valence-corrected chi connectivity index (χ2v) is 7.03. The van der Waals surface area contributed by atoms with E-state index in [1.807, 2.05) is 4.83 Å². The summed E-state index contributed by atoms with van der Waals surface area (Å²) in [6, 6.07) is 7.94. The minimum Gasteiger partial charge on any atom is -0.200 e. The molecular weight excluding hydrogens is 388 g/mol. The molecule has 0 saturated carbocycles. The third kappa shape index (κ3) is 4.62. The molecule has 0 unspecified atom stereocenters. The molecule has 0 aliphatic heterocycles. The van der Waals surface area contributed by atoms with E-state index in [9.17, 15) is 21.6 Å². The smallest absolute Gasteiger partial charge is 0.200 e. The number of benzene rings is 2. The van der Waals surface area contributed by atoms with Gasteiger partial charge in [0.2, 0.25) is 0 Å². The largest absolute Gasteiger partial charge is 0.416 e. The fourth-order valence-corrected chi connectivity index (χ4v) is 2.84. The summed E-state index contributed by atoms with van der Waals surface area (Å²) in [6.45, 7) is 0. The van der Waals surface area contributed by atoms with E-state index in [-0.39, 0.29) is 20.5 Å². The summed E-state index contributed by atoms with van der Waals surface area (Å²) in [5.74, 6) is 0. The second kappa shape index (κ2) is 7.00. The van der Waals surface area contributed by atoms with Gasteiger partial charge in [-0.25, -0.2) is 4.83 Å². The van der Waals surface area contributed by atoms with Crippen LogP contribution in [0.1, 0.15) is 11.1 Å². The molecule has 0 aromatic heterocycles. The van der Waals surface area contributed by atoms with Crippen molar-refractivity contribution in [3.05, 3.63) is 63.6 Å². The van der Waals surface area contributed by atoms with Crippen LogP contribution in [0, 0.1) is 0 Å². The number of nitrogens with one attached hydrogen (secondary N) is 1. The Balaban J connectivity index is 2.17. The van der Waals surface area contributed by atoms with Crippen LogP contribution in [0.5, 0.6) is 0 Å². The Hall–Kier alpha value is -1.77. The molecule has 1 N–H and O–H groups in total. The van der Waals surface area contributed by atoms with Crippen molar-refractivity contribution < 1.29 is 21.6 Å². The Morgan fingerprint density at radius 3 is 2.38 bits per heavy atom. The van der Waals surface area contributed by atoms with Crippen LogP contribution in [0.4, 0.5) is 13.2 Å². The van der Waals surface area contributed by atoms with Crippen molar-refractivity contribution in [2.24, 2.45) is 5.10 Å². The lowest BCUT2D eigenvalue weighted by molar-refractivity contribution is -0.137. The Morgan fingerprint density at radius 2 is 1.75 bits per heavy atom. The second-order valence-electron chi connectivity index (χ2n) is 4.55. The molecule has 10 heteroatoms. The van der Waals surface area contributed by atoms with Gasteiger partial charge in [-0.05, 0) is 35.9 Å². The molecule has 2 aromatic carbocycles. The summed E-state index contributed by atoms with van der Waals surface area (Å²) < 4.78 is 61.8. The molecular formula is C14H9Cl2F3N2O2S. The van der Waals surface area contributed by atoms with Crippen LogP contribution in [-0.4, -0.2) is 14.6 Å². The van der Waals surface area contributed by atoms with Crippen molar-refractivity contribution >= 4 is 39.4 Å². The topological polar surface area (TPSA) is 58.5 Å². The van der Waals surface area contributed by atoms with Crippen LogP contribution in [0.25, 0.3) is 0 Å². The normalized spacial score (nSPS) is 12.5. The molecule has 2 aromatic rings. The molecule has 0 bridgehead atoms. The Morgan fingerprint density at radius 1 is 1.04 bits per heavy atom. The highest BCUT2D eigenvalue weighted by Crippen LogP contribution is 2.29. The number of alkyl halides is 3. The molecule has 2 rings (SSSR count). The molecule has 0 radical (unpaired) electrons. The quantitative estimate of drug-likeness (QED) is 0.617. The number of rotatable bonds is 4. The molecule has 0 fully saturated rings. The van der Waals surface area contributed by atoms with E-state index < -0.39 is 21.8 Å². The molecule has 0 aliphatic rings. The number of hydrazone groups is 1. The third-order valence-electron chi connectivity index (χ3n) is 2.80. The highest BCUT2D eigenvalue weighted by atomic mass is 35.5. The van der Waals surface area contributed by atoms with Crippen molar-refractivity contribution in [3.8, 4) is 0 Å². The van der Waals surface area contributed by atoms with Crippen molar-refractivity contribution in [3.63, 3.8) is 0 Å². The van der Waals surface area contributed by atoms with E-state index in [2.05, 4.69) is 5.10 Å². The number of sulfonamides is 1. The molecule has 24 heavy (non-hydrogen) atoms. The van der Waals surface area contributed by atoms with Crippen molar-refractivity contribution in [2.45, 2.75) is 11.1 Å². The first-order chi connectivity index (χ1) is 11.1. The predicted molar refractivity (Wildman–Crippen MR) is 85.8 cm³/mol. The van der Waals surface area contributed by atoms with E-state index >= 15 is 0 Å². The molecule has 0 spiro atoms. The lowest BCUT2D eigenvalue weighted by Crippen LogP contribution is -2.18. The first-order valence-electron chi connectivity index (χ1n) is 6.27. The van der Waals surface area contributed by atoms with Gasteiger partial charge in [0.25, 0.3) is 10.0 Å². The van der Waals surface area contributed by atoms with Gasteiger partial charge in [-0.2, -0.15) is 26.7 Å². The van der Waals surface area contributed by atoms with Gasteiger partial charge in [0.05, 0.1) is 26.7 Å². The van der Waals surface area contributed by atoms with Gasteiger partial charge in [0.1, 0.15) is 0 Å². The van der Waals surface area contributed by atoms with Gasteiger partial charge in [-0.1, -0.05) is 35.3 Å². The highest BCUT2D eigenvalue weighted by Gasteiger charge is 2.30. The van der Waals surface area contributed by atoms with Crippen LogP contribution in [0.3, 0.4) is 0 Å². The van der Waals surface area contributed by atoms with Gasteiger partial charge >= 0.3 is 6.18 Å².